The van der Waals surface area contributed by atoms with Crippen molar-refractivity contribution in [3.05, 3.63) is 0 Å². The van der Waals surface area contributed by atoms with Gasteiger partial charge in [0.05, 0.1) is 0 Å². The third kappa shape index (κ3) is 8.19. The highest BCUT2D eigenvalue weighted by Crippen LogP contribution is 2.45. The van der Waals surface area contributed by atoms with Gasteiger partial charge in [-0.15, -0.1) is 17.2 Å². The summed E-state index contributed by atoms with van der Waals surface area (Å²) in [5.74, 6) is 0. The predicted octanol–water partition coefficient (Wildman–Crippen LogP) is 4.72. The van der Waals surface area contributed by atoms with E-state index in [1.54, 1.807) is 0 Å². The second-order valence-corrected chi connectivity index (χ2v) is 11.8. The molecule has 2 heteroatoms. The van der Waals surface area contributed by atoms with Crippen molar-refractivity contribution in [3.8, 4) is 0 Å². The van der Waals surface area contributed by atoms with Crippen molar-refractivity contribution in [2.75, 3.05) is 0 Å². The Morgan fingerprint density at radius 3 is 1.00 bits per heavy atom. The molecule has 0 bridgehead atoms. The Morgan fingerprint density at radius 1 is 0.643 bits per heavy atom. The van der Waals surface area contributed by atoms with Crippen LogP contribution >= 0.6 is 17.2 Å². The van der Waals surface area contributed by atoms with Crippen molar-refractivity contribution in [1.82, 2.24) is 0 Å². The van der Waals surface area contributed by atoms with Crippen LogP contribution in [0.15, 0.2) is 0 Å². The standard InChI is InChI=1S/C12H28P2/c1-9(13-11(3,4)5)10(2)14-12(6,7)8/h9-10,13-14H,1-8H3. The van der Waals surface area contributed by atoms with E-state index in [9.17, 15) is 0 Å². The van der Waals surface area contributed by atoms with Crippen LogP contribution in [0.2, 0.25) is 0 Å². The van der Waals surface area contributed by atoms with Gasteiger partial charge in [0.15, 0.2) is 0 Å². The largest absolute Gasteiger partial charge is 0.113 e. The zero-order valence-electron chi connectivity index (χ0n) is 11.2. The Bertz CT molecular complexity index is 142. The Labute approximate surface area is 94.6 Å². The van der Waals surface area contributed by atoms with Crippen LogP contribution < -0.4 is 0 Å². The molecule has 0 rings (SSSR count). The molecule has 0 heterocycles. The summed E-state index contributed by atoms with van der Waals surface area (Å²) < 4.78 is 0. The van der Waals surface area contributed by atoms with E-state index in [0.29, 0.717) is 10.3 Å². The van der Waals surface area contributed by atoms with E-state index < -0.39 is 0 Å². The smallest absolute Gasteiger partial charge is 0.0197 e. The molecule has 0 aliphatic heterocycles. The van der Waals surface area contributed by atoms with E-state index in [0.717, 1.165) is 28.5 Å². The molecule has 0 fully saturated rings. The van der Waals surface area contributed by atoms with Gasteiger partial charge >= 0.3 is 0 Å². The highest BCUT2D eigenvalue weighted by Gasteiger charge is 2.23. The minimum Gasteiger partial charge on any atom is -0.113 e. The van der Waals surface area contributed by atoms with Gasteiger partial charge in [0, 0.05) is 0 Å². The quantitative estimate of drug-likeness (QED) is 0.620. The summed E-state index contributed by atoms with van der Waals surface area (Å²) in [6, 6.07) is 0. The van der Waals surface area contributed by atoms with Crippen LogP contribution in [0.25, 0.3) is 0 Å². The van der Waals surface area contributed by atoms with Crippen LogP contribution in [0.1, 0.15) is 55.4 Å². The molecule has 0 aromatic heterocycles. The predicted molar refractivity (Wildman–Crippen MR) is 75.1 cm³/mol. The number of hydrogen-bond acceptors (Lipinski definition) is 0. The zero-order valence-corrected chi connectivity index (χ0v) is 13.2. The first-order valence-corrected chi connectivity index (χ1v) is 7.72. The normalized spacial score (nSPS) is 19.7. The van der Waals surface area contributed by atoms with E-state index in [1.165, 1.54) is 0 Å². The summed E-state index contributed by atoms with van der Waals surface area (Å²) >= 11 is 0. The Hall–Kier alpha value is 0.860. The molecule has 0 aromatic rings. The molecular weight excluding hydrogens is 206 g/mol. The van der Waals surface area contributed by atoms with Crippen LogP contribution in [-0.2, 0) is 0 Å². The van der Waals surface area contributed by atoms with Gasteiger partial charge in [-0.3, -0.25) is 0 Å². The maximum Gasteiger partial charge on any atom is -0.0197 e. The minimum absolute atomic E-state index is 0.510. The molecule has 0 radical (unpaired) electrons. The first-order chi connectivity index (χ1) is 6.01. The lowest BCUT2D eigenvalue weighted by Gasteiger charge is -2.32. The summed E-state index contributed by atoms with van der Waals surface area (Å²) in [7, 11) is 2.18. The third-order valence-corrected chi connectivity index (χ3v) is 6.05. The van der Waals surface area contributed by atoms with Gasteiger partial charge in [0.25, 0.3) is 0 Å². The molecule has 4 atom stereocenters. The lowest BCUT2D eigenvalue weighted by Crippen LogP contribution is -2.21. The van der Waals surface area contributed by atoms with E-state index in [2.05, 4.69) is 55.4 Å². The second-order valence-electron chi connectivity index (χ2n) is 6.37. The van der Waals surface area contributed by atoms with Crippen molar-refractivity contribution in [2.45, 2.75) is 77.0 Å². The maximum atomic E-state index is 2.42. The summed E-state index contributed by atoms with van der Waals surface area (Å²) in [5.41, 5.74) is 1.76. The first kappa shape index (κ1) is 14.9. The van der Waals surface area contributed by atoms with E-state index in [1.807, 2.05) is 0 Å². The molecule has 0 spiro atoms. The van der Waals surface area contributed by atoms with Crippen LogP contribution in [0.4, 0.5) is 0 Å². The zero-order chi connectivity index (χ0) is 11.6. The third-order valence-electron chi connectivity index (χ3n) is 2.07. The monoisotopic (exact) mass is 234 g/mol. The second kappa shape index (κ2) is 5.27. The Balaban J connectivity index is 4.07. The molecule has 0 aromatic carbocycles. The highest BCUT2D eigenvalue weighted by molar-refractivity contribution is 7.45. The summed E-state index contributed by atoms with van der Waals surface area (Å²) in [4.78, 5) is 0. The van der Waals surface area contributed by atoms with Crippen molar-refractivity contribution in [1.29, 1.82) is 0 Å². The summed E-state index contributed by atoms with van der Waals surface area (Å²) in [5, 5.41) is 1.02. The maximum absolute atomic E-state index is 2.42. The van der Waals surface area contributed by atoms with Crippen molar-refractivity contribution < 1.29 is 0 Å². The molecule has 0 aliphatic carbocycles. The van der Waals surface area contributed by atoms with Crippen molar-refractivity contribution >= 4 is 17.2 Å². The van der Waals surface area contributed by atoms with Crippen LogP contribution in [0.5, 0.6) is 0 Å². The molecule has 0 saturated heterocycles. The Morgan fingerprint density at radius 2 is 0.857 bits per heavy atom. The van der Waals surface area contributed by atoms with Gasteiger partial charge in [-0.05, 0) is 21.6 Å². The molecule has 0 N–H and O–H groups in total. The van der Waals surface area contributed by atoms with Crippen LogP contribution in [-0.4, -0.2) is 21.6 Å². The fraction of sp³-hybridized carbons (Fsp3) is 1.00. The molecule has 86 valence electrons. The minimum atomic E-state index is 0.510. The van der Waals surface area contributed by atoms with Gasteiger partial charge in [-0.2, -0.15) is 0 Å². The average Bonchev–Trinajstić information content (AvgIpc) is 1.78. The van der Waals surface area contributed by atoms with Gasteiger partial charge in [-0.25, -0.2) is 0 Å². The van der Waals surface area contributed by atoms with Crippen LogP contribution in [0.3, 0.4) is 0 Å². The fourth-order valence-electron chi connectivity index (χ4n) is 1.62. The lowest BCUT2D eigenvalue weighted by atomic mass is 10.2. The van der Waals surface area contributed by atoms with E-state index in [4.69, 9.17) is 0 Å². The first-order valence-electron chi connectivity index (χ1n) is 5.57. The fourth-order valence-corrected chi connectivity index (χ4v) is 5.35. The Kier molecular flexibility index (Phi) is 5.59. The summed E-state index contributed by atoms with van der Waals surface area (Å²) in [6.45, 7) is 19.0. The van der Waals surface area contributed by atoms with Crippen molar-refractivity contribution in [3.63, 3.8) is 0 Å². The average molecular weight is 234 g/mol. The van der Waals surface area contributed by atoms with Gasteiger partial charge in [0.1, 0.15) is 0 Å². The van der Waals surface area contributed by atoms with E-state index in [-0.39, 0.29) is 0 Å². The van der Waals surface area contributed by atoms with Gasteiger partial charge in [-0.1, -0.05) is 55.4 Å². The molecule has 0 aliphatic rings. The molecule has 0 nitrogen and oxygen atoms in total. The van der Waals surface area contributed by atoms with Gasteiger partial charge in [0.2, 0.25) is 0 Å². The van der Waals surface area contributed by atoms with Crippen molar-refractivity contribution in [2.24, 2.45) is 0 Å². The molecular formula is C12H28P2. The number of hydrogen-bond donors (Lipinski definition) is 0. The summed E-state index contributed by atoms with van der Waals surface area (Å²) in [6.07, 6.45) is 0. The van der Waals surface area contributed by atoms with Gasteiger partial charge < -0.3 is 0 Å². The number of rotatable bonds is 3. The topological polar surface area (TPSA) is 0 Å². The molecule has 4 unspecified atom stereocenters. The van der Waals surface area contributed by atoms with Crippen LogP contribution in [0, 0.1) is 0 Å². The lowest BCUT2D eigenvalue weighted by molar-refractivity contribution is 0.752. The SMILES string of the molecule is CC(PC(C)(C)C)C(C)PC(C)(C)C. The molecule has 0 saturated carbocycles. The molecule has 14 heavy (non-hydrogen) atoms. The molecule has 0 amide bonds. The highest BCUT2D eigenvalue weighted by atomic mass is 31.1. The van der Waals surface area contributed by atoms with E-state index >= 15 is 0 Å².